The second-order valence-electron chi connectivity index (χ2n) is 4.23. The van der Waals surface area contributed by atoms with Gasteiger partial charge in [0.15, 0.2) is 0 Å². The van der Waals surface area contributed by atoms with Gasteiger partial charge < -0.3 is 0 Å². The molecule has 0 spiro atoms. The summed E-state index contributed by atoms with van der Waals surface area (Å²) in [6.07, 6.45) is 0.715. The third-order valence-electron chi connectivity index (χ3n) is 2.63. The molecule has 3 rings (SSSR count). The van der Waals surface area contributed by atoms with Crippen LogP contribution < -0.4 is 5.32 Å². The molecule has 2 N–H and O–H groups in total. The minimum atomic E-state index is -3.67. The summed E-state index contributed by atoms with van der Waals surface area (Å²) in [4.78, 5) is 22.9. The van der Waals surface area contributed by atoms with Gasteiger partial charge in [-0.1, -0.05) is 30.3 Å². The predicted octanol–water partition coefficient (Wildman–Crippen LogP) is 1.23. The van der Waals surface area contributed by atoms with Crippen molar-refractivity contribution in [3.63, 3.8) is 0 Å². The molecule has 0 atom stereocenters. The zero-order valence-electron chi connectivity index (χ0n) is 10.5. The van der Waals surface area contributed by atoms with Gasteiger partial charge in [0.1, 0.15) is 0 Å². The van der Waals surface area contributed by atoms with Crippen molar-refractivity contribution in [1.82, 2.24) is 5.32 Å². The Bertz CT molecular complexity index is 803. The highest BCUT2D eigenvalue weighted by molar-refractivity contribution is 7.85. The number of amides is 2. The van der Waals surface area contributed by atoms with E-state index in [4.69, 9.17) is 4.55 Å². The average Bonchev–Trinajstić information content (AvgIpc) is 2.63. The number of nitrogens with one attached hydrogen (secondary N) is 1. The van der Waals surface area contributed by atoms with E-state index < -0.39 is 10.1 Å². The van der Waals surface area contributed by atoms with Gasteiger partial charge in [0.05, 0.1) is 17.4 Å². The zero-order valence-corrected chi connectivity index (χ0v) is 11.3. The van der Waals surface area contributed by atoms with Crippen molar-refractivity contribution in [3.05, 3.63) is 47.5 Å². The Kier molecular flexibility index (Phi) is 3.56. The third kappa shape index (κ3) is 3.01. The van der Waals surface area contributed by atoms with E-state index in [1.807, 2.05) is 30.3 Å². The molecule has 0 aliphatic carbocycles. The molecule has 2 amide bonds. The second-order valence-corrected chi connectivity index (χ2v) is 5.69. The van der Waals surface area contributed by atoms with Crippen LogP contribution in [0.4, 0.5) is 0 Å². The Balaban J connectivity index is 0.000000257. The molecule has 104 valence electrons. The van der Waals surface area contributed by atoms with Crippen LogP contribution in [-0.2, 0) is 10.1 Å². The summed E-state index contributed by atoms with van der Waals surface area (Å²) in [6.45, 7) is 0. The van der Waals surface area contributed by atoms with E-state index in [2.05, 4.69) is 5.32 Å². The summed E-state index contributed by atoms with van der Waals surface area (Å²) in [5, 5.41) is 4.10. The second kappa shape index (κ2) is 5.03. The topological polar surface area (TPSA) is 101 Å². The molecule has 2 aromatic carbocycles. The zero-order chi connectivity index (χ0) is 14.9. The number of imide groups is 1. The van der Waals surface area contributed by atoms with Crippen molar-refractivity contribution in [2.45, 2.75) is 0 Å². The van der Waals surface area contributed by atoms with Crippen LogP contribution in [0.1, 0.15) is 20.7 Å². The lowest BCUT2D eigenvalue weighted by molar-refractivity contribution is 0.0880. The van der Waals surface area contributed by atoms with Crippen LogP contribution in [0, 0.1) is 0 Å². The molecule has 0 radical (unpaired) electrons. The molecular weight excluding hydrogens is 282 g/mol. The summed E-state index contributed by atoms with van der Waals surface area (Å²) in [5.41, 5.74) is 0.969. The van der Waals surface area contributed by atoms with E-state index in [1.54, 1.807) is 6.07 Å². The minimum absolute atomic E-state index is 0.299. The van der Waals surface area contributed by atoms with Gasteiger partial charge in [-0.2, -0.15) is 8.42 Å². The third-order valence-corrected chi connectivity index (χ3v) is 2.63. The van der Waals surface area contributed by atoms with Gasteiger partial charge in [0.2, 0.25) is 0 Å². The van der Waals surface area contributed by atoms with E-state index in [-0.39, 0.29) is 11.8 Å². The number of fused-ring (bicyclic) bond motifs is 3. The predicted molar refractivity (Wildman–Crippen MR) is 73.2 cm³/mol. The van der Waals surface area contributed by atoms with Crippen LogP contribution in [0.5, 0.6) is 0 Å². The molecule has 20 heavy (non-hydrogen) atoms. The molecule has 0 saturated heterocycles. The molecule has 0 unspecified atom stereocenters. The molecule has 0 saturated carbocycles. The fraction of sp³-hybridized carbons (Fsp3) is 0.0769. The van der Waals surface area contributed by atoms with Crippen molar-refractivity contribution >= 4 is 32.7 Å². The number of hydrogen-bond acceptors (Lipinski definition) is 4. The Morgan fingerprint density at radius 2 is 1.60 bits per heavy atom. The van der Waals surface area contributed by atoms with Gasteiger partial charge >= 0.3 is 0 Å². The number of carbonyl (C=O) groups excluding carboxylic acids is 2. The smallest absolute Gasteiger partial charge is 0.261 e. The van der Waals surface area contributed by atoms with Crippen LogP contribution in [0.15, 0.2) is 36.4 Å². The van der Waals surface area contributed by atoms with E-state index in [0.29, 0.717) is 17.4 Å². The lowest BCUT2D eigenvalue weighted by Crippen LogP contribution is -2.19. The summed E-state index contributed by atoms with van der Waals surface area (Å²) < 4.78 is 25.9. The Labute approximate surface area is 115 Å². The van der Waals surface area contributed by atoms with Crippen molar-refractivity contribution in [2.75, 3.05) is 6.26 Å². The van der Waals surface area contributed by atoms with Crippen molar-refractivity contribution < 1.29 is 22.6 Å². The first-order chi connectivity index (χ1) is 9.27. The molecule has 0 bridgehead atoms. The summed E-state index contributed by atoms with van der Waals surface area (Å²) in [7, 11) is -3.67. The maximum Gasteiger partial charge on any atom is 0.261 e. The van der Waals surface area contributed by atoms with Gasteiger partial charge in [-0.05, 0) is 16.8 Å². The number of benzene rings is 2. The highest BCUT2D eigenvalue weighted by atomic mass is 32.2. The highest BCUT2D eigenvalue weighted by Gasteiger charge is 2.28. The molecule has 1 aliphatic heterocycles. The van der Waals surface area contributed by atoms with Crippen molar-refractivity contribution in [2.24, 2.45) is 0 Å². The molecule has 0 fully saturated rings. The number of hydrogen-bond donors (Lipinski definition) is 2. The normalized spacial score (nSPS) is 13.5. The summed E-state index contributed by atoms with van der Waals surface area (Å²) in [5.74, 6) is -0.604. The van der Waals surface area contributed by atoms with Gasteiger partial charge in [-0.15, -0.1) is 0 Å². The highest BCUT2D eigenvalue weighted by Crippen LogP contribution is 2.25. The van der Waals surface area contributed by atoms with Crippen LogP contribution >= 0.6 is 0 Å². The molecule has 1 aliphatic rings. The van der Waals surface area contributed by atoms with E-state index >= 15 is 0 Å². The fourth-order valence-corrected chi connectivity index (χ4v) is 1.94. The van der Waals surface area contributed by atoms with Crippen molar-refractivity contribution in [3.8, 4) is 0 Å². The van der Waals surface area contributed by atoms with Gasteiger partial charge in [-0.25, -0.2) is 0 Å². The largest absolute Gasteiger partial charge is 0.288 e. The number of carbonyl (C=O) groups is 2. The lowest BCUT2D eigenvalue weighted by Gasteiger charge is -2.00. The van der Waals surface area contributed by atoms with Crippen LogP contribution in [0.25, 0.3) is 10.8 Å². The van der Waals surface area contributed by atoms with E-state index in [1.165, 1.54) is 0 Å². The Morgan fingerprint density at radius 1 is 1.00 bits per heavy atom. The van der Waals surface area contributed by atoms with Gasteiger partial charge in [0, 0.05) is 0 Å². The van der Waals surface area contributed by atoms with Crippen LogP contribution in [0.3, 0.4) is 0 Å². The maximum absolute atomic E-state index is 11.6. The minimum Gasteiger partial charge on any atom is -0.288 e. The standard InChI is InChI=1S/C12H7NO2.CH4O3S/c14-11-9-6-5-7-3-1-2-4-8(7)10(9)12(15)13-11;1-5(2,3)4/h1-6H,(H,13,14,15);1H3,(H,2,3,4). The lowest BCUT2D eigenvalue weighted by atomic mass is 10.0. The maximum atomic E-state index is 11.6. The SMILES string of the molecule is CS(=O)(=O)O.O=C1NC(=O)c2c1ccc1ccccc21. The van der Waals surface area contributed by atoms with Crippen LogP contribution in [0.2, 0.25) is 0 Å². The summed E-state index contributed by atoms with van der Waals surface area (Å²) >= 11 is 0. The summed E-state index contributed by atoms with van der Waals surface area (Å²) in [6, 6.07) is 11.1. The Hall–Kier alpha value is -2.25. The molecule has 2 aromatic rings. The first-order valence-corrected chi connectivity index (χ1v) is 7.42. The molecule has 6 nitrogen and oxygen atoms in total. The van der Waals surface area contributed by atoms with Gasteiger partial charge in [0.25, 0.3) is 21.9 Å². The van der Waals surface area contributed by atoms with Crippen LogP contribution in [-0.4, -0.2) is 31.0 Å². The quantitative estimate of drug-likeness (QED) is 0.562. The first-order valence-electron chi connectivity index (χ1n) is 5.57. The number of rotatable bonds is 0. The van der Waals surface area contributed by atoms with E-state index in [9.17, 15) is 18.0 Å². The van der Waals surface area contributed by atoms with Crippen molar-refractivity contribution in [1.29, 1.82) is 0 Å². The first kappa shape index (κ1) is 14.2. The average molecular weight is 293 g/mol. The van der Waals surface area contributed by atoms with Gasteiger partial charge in [-0.3, -0.25) is 19.5 Å². The molecule has 1 heterocycles. The molecular formula is C13H11NO5S. The monoisotopic (exact) mass is 293 g/mol. The Morgan fingerprint density at radius 3 is 2.25 bits per heavy atom. The van der Waals surface area contributed by atoms with E-state index in [0.717, 1.165) is 10.8 Å². The molecule has 0 aromatic heterocycles. The fourth-order valence-electron chi connectivity index (χ4n) is 1.94. The molecule has 7 heteroatoms.